The van der Waals surface area contributed by atoms with Gasteiger partial charge in [0, 0.05) is 79.8 Å². The molecule has 13 nitrogen and oxygen atoms in total. The fraction of sp³-hybridized carbons (Fsp3) is 0.536. The van der Waals surface area contributed by atoms with Crippen LogP contribution in [0, 0.1) is 5.92 Å². The van der Waals surface area contributed by atoms with Gasteiger partial charge >= 0.3 is 132 Å². The maximum absolute atomic E-state index is 13.6. The summed E-state index contributed by atoms with van der Waals surface area (Å²) in [5, 5.41) is 15.3. The first-order valence-corrected chi connectivity index (χ1v) is 47.6. The quantitative estimate of drug-likeness (QED) is 0.0222. The van der Waals surface area contributed by atoms with Crippen LogP contribution in [0.1, 0.15) is 174 Å². The molecule has 1 N–H and O–H groups in total. The normalized spacial score (nSPS) is 21.3. The number of aromatic nitrogens is 2. The van der Waals surface area contributed by atoms with Gasteiger partial charge in [0.1, 0.15) is 0 Å². The molecule has 510 valence electrons. The van der Waals surface area contributed by atoms with Crippen LogP contribution in [-0.4, -0.2) is 118 Å². The van der Waals surface area contributed by atoms with E-state index in [1.807, 2.05) is 43.3 Å². The Kier molecular flexibility index (Phi) is 27.1. The van der Waals surface area contributed by atoms with Crippen LogP contribution < -0.4 is 0 Å². The predicted molar refractivity (Wildman–Crippen MR) is 366 cm³/mol. The van der Waals surface area contributed by atoms with Crippen molar-refractivity contribution in [3.8, 4) is 0 Å². The summed E-state index contributed by atoms with van der Waals surface area (Å²) in [7, 11) is -8.86. The third-order valence-corrected chi connectivity index (χ3v) is 39.7. The number of carbonyl (C=O) groups excluding carboxylic acids is 1. The molecule has 0 aliphatic carbocycles. The van der Waals surface area contributed by atoms with E-state index in [4.69, 9.17) is 9.47 Å². The largest absolute Gasteiger partial charge is 0.416 e. The van der Waals surface area contributed by atoms with Crippen molar-refractivity contribution in [2.75, 3.05) is 19.8 Å². The molecule has 5 aliphatic rings. The average molecular weight is 1520 g/mol. The predicted octanol–water partition coefficient (Wildman–Crippen LogP) is 18.4. The van der Waals surface area contributed by atoms with Gasteiger partial charge in [0.25, 0.3) is 0 Å². The number of halogens is 7. The van der Waals surface area contributed by atoms with Crippen molar-refractivity contribution in [3.63, 3.8) is 0 Å². The van der Waals surface area contributed by atoms with Crippen molar-refractivity contribution in [1.82, 2.24) is 18.8 Å². The molecule has 3 fully saturated rings. The van der Waals surface area contributed by atoms with Gasteiger partial charge in [-0.15, -0.1) is 0 Å². The second-order valence-electron chi connectivity index (χ2n) is 26.2. The van der Waals surface area contributed by atoms with Gasteiger partial charge in [-0.25, -0.2) is 16.8 Å². The standard InChI is InChI=1S/C24H22F3N3O3S.C22H19BrF3N3O2S.C7H18OSi.C4H7O.3C4H9.Sn/c1-14(31)15-2-4-16(5-3-15)17-10-19-12-22-21(13-28-29-22)23(11-17)30(19)34(32,33)20-8-6-18(7-9-20)24(25,26)27;23-16-5-1-13(2-6-16)14-9-17-11-20-19(12-27-28-20)21(10-14)29(17)32(30,31)18-7-3-15(4-8-18)22(24,25)26;1-5-8-6-7-9(2,3)4;1-3-5-4-2;3*1-3-4-2;/h2-9,13,17,19,23H,10-12H2,1H3,(H,28,29);1-8,12,14,17,19,21H,9-11H2;5-7H2,1-4H3;1,4H2,2H3;3*1,3-4H2,2H3;. The average Bonchev–Trinajstić information content (AvgIpc) is 1.71. The van der Waals surface area contributed by atoms with Gasteiger partial charge in [0.05, 0.1) is 44.8 Å². The Morgan fingerprint density at radius 3 is 1.66 bits per heavy atom. The number of unbranched alkanes of at least 4 members (excludes halogenated alkanes) is 3. The smallest absolute Gasteiger partial charge is 0.382 e. The minimum Gasteiger partial charge on any atom is -0.382 e. The van der Waals surface area contributed by atoms with Crippen LogP contribution in [0.25, 0.3) is 0 Å². The molecule has 0 saturated carbocycles. The molecule has 3 saturated heterocycles. The molecule has 4 aromatic carbocycles. The van der Waals surface area contributed by atoms with Gasteiger partial charge in [-0.2, -0.15) is 50.3 Å². The number of hydrogen-bond donors (Lipinski definition) is 1. The van der Waals surface area contributed by atoms with Gasteiger partial charge in [-0.3, -0.25) is 9.89 Å². The number of fused-ring (bicyclic) bond motifs is 8. The number of carbonyl (C=O) groups is 1. The molecule has 1 aromatic heterocycles. The van der Waals surface area contributed by atoms with E-state index in [1.165, 1.54) is 77.2 Å². The topological polar surface area (TPSA) is 164 Å². The zero-order valence-corrected chi connectivity index (χ0v) is 62.2. The molecule has 7 atom stereocenters. The summed E-state index contributed by atoms with van der Waals surface area (Å²) in [6.07, 6.45) is 5.52. The number of hydrogen-bond acceptors (Lipinski definition) is 10. The number of sulfonamides is 2. The van der Waals surface area contributed by atoms with E-state index < -0.39 is 76.0 Å². The van der Waals surface area contributed by atoms with Crippen LogP contribution in [0.5, 0.6) is 0 Å². The molecule has 5 aliphatic heterocycles. The molecule has 7 unspecified atom stereocenters. The molecule has 0 spiro atoms. The van der Waals surface area contributed by atoms with Crippen LogP contribution in [0.3, 0.4) is 0 Å². The molecular formula is C69H93BrF6N6O7S2SiSn. The van der Waals surface area contributed by atoms with Crippen molar-refractivity contribution >= 4 is 80.1 Å². The molecule has 93 heavy (non-hydrogen) atoms. The molecule has 4 bridgehead atoms. The molecule has 0 amide bonds. The van der Waals surface area contributed by atoms with Crippen molar-refractivity contribution in [2.45, 2.75) is 216 Å². The Morgan fingerprint density at radius 1 is 0.688 bits per heavy atom. The minimum absolute atomic E-state index is 0.0242. The first-order chi connectivity index (χ1) is 43.9. The summed E-state index contributed by atoms with van der Waals surface area (Å²) in [6.45, 7) is 26.7. The van der Waals surface area contributed by atoms with Gasteiger partial charge in [0.2, 0.25) is 20.0 Å². The fourth-order valence-electron chi connectivity index (χ4n) is 13.4. The van der Waals surface area contributed by atoms with E-state index in [1.54, 1.807) is 24.5 Å². The Labute approximate surface area is 561 Å². The van der Waals surface area contributed by atoms with Crippen LogP contribution >= 0.6 is 15.9 Å². The number of alkyl halides is 6. The fourth-order valence-corrected chi connectivity index (χ4v) is 32.7. The molecular weight excluding hydrogens is 1430 g/mol. The van der Waals surface area contributed by atoms with Crippen molar-refractivity contribution in [1.29, 1.82) is 0 Å². The van der Waals surface area contributed by atoms with Gasteiger partial charge < -0.3 is 4.74 Å². The van der Waals surface area contributed by atoms with E-state index in [-0.39, 0.29) is 51.5 Å². The Hall–Kier alpha value is -4.50. The van der Waals surface area contributed by atoms with Gasteiger partial charge in [-0.1, -0.05) is 72.0 Å². The number of rotatable bonds is 23. The third-order valence-electron chi connectivity index (χ3n) is 18.5. The second-order valence-corrected chi connectivity index (χ2v) is 49.6. The van der Waals surface area contributed by atoms with E-state index in [0.717, 1.165) is 101 Å². The minimum atomic E-state index is -4.54. The Balaban J connectivity index is 0.000000193. The summed E-state index contributed by atoms with van der Waals surface area (Å²) in [5.41, 5.74) is 3.58. The molecule has 0 radical (unpaired) electrons. The van der Waals surface area contributed by atoms with Crippen molar-refractivity contribution in [2.24, 2.45) is 16.1 Å². The van der Waals surface area contributed by atoms with Crippen LogP contribution in [0.15, 0.2) is 138 Å². The number of nitrogens with one attached hydrogen (secondary N) is 1. The van der Waals surface area contributed by atoms with Crippen molar-refractivity contribution < 1.29 is 57.4 Å². The molecule has 5 aromatic rings. The maximum atomic E-state index is 13.6. The first kappa shape index (κ1) is 75.9. The molecule has 24 heteroatoms. The zero-order valence-electron chi connectivity index (χ0n) is 55.1. The Bertz CT molecular complexity index is 3530. The van der Waals surface area contributed by atoms with E-state index in [2.05, 4.69) is 90.2 Å². The third kappa shape index (κ3) is 19.4. The van der Waals surface area contributed by atoms with E-state index >= 15 is 0 Å². The number of ether oxygens (including phenoxy) is 2. The summed E-state index contributed by atoms with van der Waals surface area (Å²) >= 11 is 1.20. The second kappa shape index (κ2) is 33.2. The summed E-state index contributed by atoms with van der Waals surface area (Å²) in [4.78, 5) is 11.3. The number of aromatic amines is 1. The SMILES string of the molecule is C=[C](OCC)[Sn]([CH2]CCC)([CH2]CCC)[CH2]CCC.CC(=O)c1ccc(C2CC3Cc4[nH]ncc4C(C2)N3S(=O)(=O)c2ccc(C(F)(F)F)cc2)cc1.CCOCC[Si](C)(C)C.O=S(=O)(c1ccc(C(F)(F)F)cc1)N1C2CC3=NN=CC3C1CC(c1ccc(Br)cc1)C2. The number of Topliss-reactive ketones (excluding diaryl/α,β-unsaturated/α-hetero) is 1. The van der Waals surface area contributed by atoms with Gasteiger partial charge in [-0.05, 0) is 129 Å². The van der Waals surface area contributed by atoms with Crippen LogP contribution in [0.4, 0.5) is 26.3 Å². The van der Waals surface area contributed by atoms with E-state index in [0.29, 0.717) is 44.1 Å². The molecule has 10 rings (SSSR count). The summed E-state index contributed by atoms with van der Waals surface area (Å²) < 4.78 is 153. The first-order valence-electron chi connectivity index (χ1n) is 32.7. The number of H-pyrrole nitrogens is 1. The van der Waals surface area contributed by atoms with Crippen molar-refractivity contribution in [3.05, 3.63) is 157 Å². The van der Waals surface area contributed by atoms with Crippen LogP contribution in [0.2, 0.25) is 39.0 Å². The number of ketones is 1. The monoisotopic (exact) mass is 1520 g/mol. The Morgan fingerprint density at radius 2 is 1.18 bits per heavy atom. The maximum Gasteiger partial charge on any atom is 0.416 e. The number of benzene rings is 4. The number of piperidine rings is 3. The number of nitrogens with zero attached hydrogens (tertiary/aromatic N) is 5. The molecule has 6 heterocycles. The summed E-state index contributed by atoms with van der Waals surface area (Å²) in [5.74, 6) is 0.00320. The zero-order chi connectivity index (χ0) is 68.1. The summed E-state index contributed by atoms with van der Waals surface area (Å²) in [6, 6.07) is 22.5. The van der Waals surface area contributed by atoms with E-state index in [9.17, 15) is 48.0 Å². The van der Waals surface area contributed by atoms with Gasteiger partial charge in [0.15, 0.2) is 5.78 Å². The van der Waals surface area contributed by atoms with Crippen LogP contribution in [-0.2, 0) is 48.3 Å².